The summed E-state index contributed by atoms with van der Waals surface area (Å²) >= 11 is 0. The molecular weight excluding hydrogens is 336 g/mol. The molecule has 0 atom stereocenters. The van der Waals surface area contributed by atoms with Crippen LogP contribution in [0.5, 0.6) is 0 Å². The van der Waals surface area contributed by atoms with Gasteiger partial charge in [0.15, 0.2) is 0 Å². The number of anilines is 1. The normalized spacial score (nSPS) is 11.2. The lowest BCUT2D eigenvalue weighted by molar-refractivity contribution is -0.116. The number of aryl methyl sites for hydroxylation is 1. The van der Waals surface area contributed by atoms with Crippen LogP contribution in [0.1, 0.15) is 25.8 Å². The van der Waals surface area contributed by atoms with Gasteiger partial charge in [-0.3, -0.25) is 10.1 Å². The summed E-state index contributed by atoms with van der Waals surface area (Å²) in [5.74, 6) is 0.639. The molecule has 5 heteroatoms. The van der Waals surface area contributed by atoms with Crippen LogP contribution < -0.4 is 5.32 Å². The van der Waals surface area contributed by atoms with Gasteiger partial charge >= 0.3 is 0 Å². The van der Waals surface area contributed by atoms with Crippen molar-refractivity contribution in [2.24, 2.45) is 0 Å². The van der Waals surface area contributed by atoms with Crippen LogP contribution in [0, 0.1) is 0 Å². The SMILES string of the molecule is CCN(CC)CCn1c(NC(=O)CCc2ccccc2)nc2ccccc21. The summed E-state index contributed by atoms with van der Waals surface area (Å²) in [5.41, 5.74) is 3.14. The van der Waals surface area contributed by atoms with Crippen molar-refractivity contribution in [3.05, 3.63) is 60.2 Å². The number of nitrogens with zero attached hydrogens (tertiary/aromatic N) is 3. The zero-order valence-electron chi connectivity index (χ0n) is 16.2. The lowest BCUT2D eigenvalue weighted by Crippen LogP contribution is -2.27. The Labute approximate surface area is 161 Å². The number of nitrogens with one attached hydrogen (secondary N) is 1. The summed E-state index contributed by atoms with van der Waals surface area (Å²) in [6.07, 6.45) is 1.18. The highest BCUT2D eigenvalue weighted by Gasteiger charge is 2.14. The van der Waals surface area contributed by atoms with Gasteiger partial charge in [-0.15, -0.1) is 0 Å². The third-order valence-corrected chi connectivity index (χ3v) is 4.92. The first-order valence-electron chi connectivity index (χ1n) is 9.72. The Kier molecular flexibility index (Phi) is 6.60. The number of fused-ring (bicyclic) bond motifs is 1. The molecule has 0 radical (unpaired) electrons. The van der Waals surface area contributed by atoms with Crippen LogP contribution in [-0.2, 0) is 17.8 Å². The molecule has 1 aromatic heterocycles. The van der Waals surface area contributed by atoms with Gasteiger partial charge in [-0.2, -0.15) is 0 Å². The lowest BCUT2D eigenvalue weighted by Gasteiger charge is -2.19. The maximum Gasteiger partial charge on any atom is 0.227 e. The van der Waals surface area contributed by atoms with E-state index in [1.807, 2.05) is 48.5 Å². The van der Waals surface area contributed by atoms with Crippen molar-refractivity contribution < 1.29 is 4.79 Å². The van der Waals surface area contributed by atoms with Crippen molar-refractivity contribution in [2.75, 3.05) is 25.0 Å². The first kappa shape index (κ1) is 19.1. The van der Waals surface area contributed by atoms with Crippen molar-refractivity contribution in [2.45, 2.75) is 33.2 Å². The van der Waals surface area contributed by atoms with Crippen LogP contribution in [0.4, 0.5) is 5.95 Å². The van der Waals surface area contributed by atoms with Crippen molar-refractivity contribution in [1.29, 1.82) is 0 Å². The smallest absolute Gasteiger partial charge is 0.227 e. The minimum atomic E-state index is -0.00162. The fraction of sp³-hybridized carbons (Fsp3) is 0.364. The molecule has 0 unspecified atom stereocenters. The van der Waals surface area contributed by atoms with E-state index in [0.717, 1.165) is 43.6 Å². The third-order valence-electron chi connectivity index (χ3n) is 4.92. The summed E-state index contributed by atoms with van der Waals surface area (Å²) in [6, 6.07) is 18.1. The van der Waals surface area contributed by atoms with Crippen LogP contribution >= 0.6 is 0 Å². The van der Waals surface area contributed by atoms with Crippen LogP contribution in [0.3, 0.4) is 0 Å². The molecule has 1 heterocycles. The summed E-state index contributed by atoms with van der Waals surface area (Å²) in [4.78, 5) is 19.5. The molecule has 0 saturated heterocycles. The van der Waals surface area contributed by atoms with Gasteiger partial charge in [0.1, 0.15) is 0 Å². The van der Waals surface area contributed by atoms with Gasteiger partial charge in [-0.25, -0.2) is 4.98 Å². The molecule has 5 nitrogen and oxygen atoms in total. The molecule has 142 valence electrons. The van der Waals surface area contributed by atoms with Crippen molar-refractivity contribution >= 4 is 22.9 Å². The number of carbonyl (C=O) groups is 1. The zero-order valence-corrected chi connectivity index (χ0v) is 16.2. The summed E-state index contributed by atoms with van der Waals surface area (Å²) in [7, 11) is 0. The Bertz CT molecular complexity index is 868. The number of benzene rings is 2. The van der Waals surface area contributed by atoms with E-state index in [1.165, 1.54) is 5.56 Å². The molecule has 0 aliphatic carbocycles. The number of carbonyl (C=O) groups excluding carboxylic acids is 1. The van der Waals surface area contributed by atoms with E-state index >= 15 is 0 Å². The number of aromatic nitrogens is 2. The topological polar surface area (TPSA) is 50.2 Å². The average molecular weight is 364 g/mol. The fourth-order valence-corrected chi connectivity index (χ4v) is 3.27. The molecular formula is C22H28N4O. The monoisotopic (exact) mass is 364 g/mol. The predicted molar refractivity (Wildman–Crippen MR) is 111 cm³/mol. The molecule has 0 fully saturated rings. The van der Waals surface area contributed by atoms with Crippen LogP contribution in [0.2, 0.25) is 0 Å². The Hall–Kier alpha value is -2.66. The quantitative estimate of drug-likeness (QED) is 0.625. The molecule has 2 aromatic carbocycles. The van der Waals surface area contributed by atoms with E-state index in [1.54, 1.807) is 0 Å². The average Bonchev–Trinajstić information content (AvgIpc) is 3.05. The van der Waals surface area contributed by atoms with E-state index in [2.05, 4.69) is 39.7 Å². The number of amides is 1. The first-order chi connectivity index (χ1) is 13.2. The second-order valence-electron chi connectivity index (χ2n) is 6.64. The molecule has 3 rings (SSSR count). The second kappa shape index (κ2) is 9.33. The zero-order chi connectivity index (χ0) is 19.1. The van der Waals surface area contributed by atoms with Crippen LogP contribution in [0.25, 0.3) is 11.0 Å². The maximum atomic E-state index is 12.5. The standard InChI is InChI=1S/C22H28N4O/c1-3-25(4-2)16-17-26-20-13-9-8-12-19(20)23-22(26)24-21(27)15-14-18-10-6-5-7-11-18/h5-13H,3-4,14-17H2,1-2H3,(H,23,24,27). The summed E-state index contributed by atoms with van der Waals surface area (Å²) in [5, 5.41) is 3.02. The predicted octanol–water partition coefficient (Wildman–Crippen LogP) is 3.95. The molecule has 1 N–H and O–H groups in total. The highest BCUT2D eigenvalue weighted by Crippen LogP contribution is 2.20. The Morgan fingerprint density at radius 1 is 1.04 bits per heavy atom. The molecule has 3 aromatic rings. The second-order valence-corrected chi connectivity index (χ2v) is 6.64. The minimum Gasteiger partial charge on any atom is -0.309 e. The number of rotatable bonds is 9. The molecule has 1 amide bonds. The number of para-hydroxylation sites is 2. The molecule has 0 spiro atoms. The van der Waals surface area contributed by atoms with Gasteiger partial charge in [0.05, 0.1) is 11.0 Å². The highest BCUT2D eigenvalue weighted by molar-refractivity contribution is 5.91. The molecule has 0 aliphatic rings. The Morgan fingerprint density at radius 3 is 2.48 bits per heavy atom. The lowest BCUT2D eigenvalue weighted by atomic mass is 10.1. The highest BCUT2D eigenvalue weighted by atomic mass is 16.1. The van der Waals surface area contributed by atoms with E-state index in [9.17, 15) is 4.79 Å². The van der Waals surface area contributed by atoms with Crippen molar-refractivity contribution in [3.63, 3.8) is 0 Å². The number of imidazole rings is 1. The fourth-order valence-electron chi connectivity index (χ4n) is 3.27. The number of hydrogen-bond donors (Lipinski definition) is 1. The first-order valence-corrected chi connectivity index (χ1v) is 9.72. The van der Waals surface area contributed by atoms with E-state index in [4.69, 9.17) is 0 Å². The summed E-state index contributed by atoms with van der Waals surface area (Å²) < 4.78 is 2.12. The number of likely N-dealkylation sites (N-methyl/N-ethyl adjacent to an activating group) is 1. The van der Waals surface area contributed by atoms with Crippen molar-refractivity contribution in [1.82, 2.24) is 14.5 Å². The Morgan fingerprint density at radius 2 is 1.74 bits per heavy atom. The largest absolute Gasteiger partial charge is 0.309 e. The van der Waals surface area contributed by atoms with Gasteiger partial charge < -0.3 is 9.47 Å². The molecule has 0 bridgehead atoms. The maximum absolute atomic E-state index is 12.5. The van der Waals surface area contributed by atoms with Crippen LogP contribution in [-0.4, -0.2) is 40.0 Å². The Balaban J connectivity index is 1.72. The molecule has 27 heavy (non-hydrogen) atoms. The van der Waals surface area contributed by atoms with Crippen LogP contribution in [0.15, 0.2) is 54.6 Å². The van der Waals surface area contributed by atoms with Crippen molar-refractivity contribution in [3.8, 4) is 0 Å². The molecule has 0 aliphatic heterocycles. The van der Waals surface area contributed by atoms with Gasteiger partial charge in [0, 0.05) is 19.5 Å². The van der Waals surface area contributed by atoms with Gasteiger partial charge in [0.2, 0.25) is 11.9 Å². The van der Waals surface area contributed by atoms with E-state index in [-0.39, 0.29) is 5.91 Å². The van der Waals surface area contributed by atoms with E-state index < -0.39 is 0 Å². The third kappa shape index (κ3) is 4.95. The molecule has 0 saturated carbocycles. The minimum absolute atomic E-state index is 0.00162. The van der Waals surface area contributed by atoms with E-state index in [0.29, 0.717) is 12.4 Å². The van der Waals surface area contributed by atoms with Gasteiger partial charge in [0.25, 0.3) is 0 Å². The van der Waals surface area contributed by atoms with Gasteiger partial charge in [-0.1, -0.05) is 56.3 Å². The summed E-state index contributed by atoms with van der Waals surface area (Å²) in [6.45, 7) is 8.10. The number of hydrogen-bond acceptors (Lipinski definition) is 3. The van der Waals surface area contributed by atoms with Gasteiger partial charge in [-0.05, 0) is 37.2 Å².